The van der Waals surface area contributed by atoms with Gasteiger partial charge in [0.25, 0.3) is 0 Å². The van der Waals surface area contributed by atoms with Crippen LogP contribution in [0.5, 0.6) is 0 Å². The third kappa shape index (κ3) is 41.0. The van der Waals surface area contributed by atoms with Crippen molar-refractivity contribution in [3.05, 3.63) is 0 Å². The summed E-state index contributed by atoms with van der Waals surface area (Å²) in [6.45, 7) is 2.96. The summed E-state index contributed by atoms with van der Waals surface area (Å²) in [5.74, 6) is -1.30. The molecule has 58 heavy (non-hydrogen) atoms. The third-order valence-electron chi connectivity index (χ3n) is 9.18. The van der Waals surface area contributed by atoms with E-state index in [1.807, 2.05) is 5.48 Å². The Labute approximate surface area is 347 Å². The molecule has 4 amide bonds. The highest BCUT2D eigenvalue weighted by molar-refractivity contribution is 6.59. The van der Waals surface area contributed by atoms with Crippen LogP contribution in [0, 0.1) is 0 Å². The number of carbonyl (C=O) groups excluding carboxylic acids is 5. The smallest absolute Gasteiger partial charge is 0.303 e. The van der Waals surface area contributed by atoms with Crippen LogP contribution in [0.3, 0.4) is 0 Å². The summed E-state index contributed by atoms with van der Waals surface area (Å²) in [5.41, 5.74) is 1.84. The van der Waals surface area contributed by atoms with Crippen molar-refractivity contribution < 1.29 is 58.0 Å². The van der Waals surface area contributed by atoms with Gasteiger partial charge in [-0.05, 0) is 38.5 Å². The summed E-state index contributed by atoms with van der Waals surface area (Å²) in [7, 11) is 1.40. The van der Waals surface area contributed by atoms with E-state index in [0.717, 1.165) is 38.5 Å². The fourth-order valence-electron chi connectivity index (χ4n) is 5.79. The first-order valence-electron chi connectivity index (χ1n) is 21.6. The summed E-state index contributed by atoms with van der Waals surface area (Å²) < 4.78 is 21.3. The first-order chi connectivity index (χ1) is 28.1. The van der Waals surface area contributed by atoms with Gasteiger partial charge in [0.2, 0.25) is 23.6 Å². The monoisotopic (exact) mass is 830 g/mol. The zero-order valence-corrected chi connectivity index (χ0v) is 35.4. The average molecular weight is 830 g/mol. The lowest BCUT2D eigenvalue weighted by molar-refractivity contribution is -0.137. The highest BCUT2D eigenvalue weighted by Crippen LogP contribution is 2.14. The van der Waals surface area contributed by atoms with Crippen molar-refractivity contribution in [2.24, 2.45) is 0 Å². The lowest BCUT2D eigenvalue weighted by Gasteiger charge is -2.11. The number of hydrogen-bond acceptors (Lipinski definition) is 12. The molecule has 0 unspecified atom stereocenters. The lowest BCUT2D eigenvalue weighted by atomic mass is 9.92. The molecule has 0 aliphatic carbocycles. The molecule has 18 heteroatoms. The Hall–Kier alpha value is -3.16. The Morgan fingerprint density at radius 1 is 0.431 bits per heavy atom. The van der Waals surface area contributed by atoms with Gasteiger partial charge in [0.15, 0.2) is 7.85 Å². The number of unbranched alkanes of at least 4 members (excludes halogenated alkanes) is 14. The van der Waals surface area contributed by atoms with Gasteiger partial charge in [-0.15, -0.1) is 0 Å². The van der Waals surface area contributed by atoms with Crippen LogP contribution < -0.4 is 26.7 Å². The SMILES string of the molecule is BC(=O)[C@H](CCCCNC(=O)COCCOCCNC(=O)COCCOCCNC(=O)CCCNC(=O)CCCCCCCCCCCCCCCCC(=O)O)NO. The van der Waals surface area contributed by atoms with Crippen molar-refractivity contribution in [3.63, 3.8) is 0 Å². The number of hydrogen-bond donors (Lipinski definition) is 7. The van der Waals surface area contributed by atoms with E-state index in [1.165, 1.54) is 59.2 Å². The molecule has 0 aromatic heterocycles. The van der Waals surface area contributed by atoms with Crippen molar-refractivity contribution in [2.45, 2.75) is 141 Å². The third-order valence-corrected chi connectivity index (χ3v) is 9.18. The molecule has 0 radical (unpaired) electrons. The molecule has 0 rings (SSSR count). The van der Waals surface area contributed by atoms with Crippen LogP contribution in [0.15, 0.2) is 0 Å². The molecule has 336 valence electrons. The number of ether oxygens (including phenoxy) is 4. The standard InChI is InChI=1S/C40H76BN5O12/c41-40(53)34(46-54)18-15-16-22-43-37(49)32-57-30-29-56-27-25-45-38(50)33-58-31-28-55-26-24-44-36(48)20-17-23-42-35(47)19-13-11-9-7-5-3-1-2-4-6-8-10-12-14-21-39(51)52/h34,46,54H,1-33,41H2,(H,42,47)(H,43,49)(H,44,48)(H,45,50)(H,51,52)/t34-/m0/s1. The van der Waals surface area contributed by atoms with E-state index in [9.17, 15) is 28.8 Å². The molecule has 0 heterocycles. The van der Waals surface area contributed by atoms with Gasteiger partial charge in [0.1, 0.15) is 18.9 Å². The van der Waals surface area contributed by atoms with Gasteiger partial charge in [-0.1, -0.05) is 77.0 Å². The fourth-order valence-corrected chi connectivity index (χ4v) is 5.79. The molecule has 0 fully saturated rings. The molecule has 0 aromatic rings. The summed E-state index contributed by atoms with van der Waals surface area (Å²) in [6.07, 6.45) is 19.6. The van der Waals surface area contributed by atoms with Crippen LogP contribution in [0.2, 0.25) is 0 Å². The van der Waals surface area contributed by atoms with Crippen LogP contribution in [0.4, 0.5) is 0 Å². The molecular weight excluding hydrogens is 753 g/mol. The number of carboxylic acid groups (broad SMARTS) is 1. The molecule has 0 bridgehead atoms. The maximum Gasteiger partial charge on any atom is 0.303 e. The lowest BCUT2D eigenvalue weighted by Crippen LogP contribution is -2.35. The zero-order chi connectivity index (χ0) is 42.7. The normalized spacial score (nSPS) is 11.5. The Morgan fingerprint density at radius 2 is 0.810 bits per heavy atom. The van der Waals surface area contributed by atoms with Crippen LogP contribution in [-0.4, -0.2) is 139 Å². The van der Waals surface area contributed by atoms with Gasteiger partial charge >= 0.3 is 5.97 Å². The van der Waals surface area contributed by atoms with Crippen LogP contribution >= 0.6 is 0 Å². The maximum absolute atomic E-state index is 12.1. The first kappa shape index (κ1) is 54.8. The minimum Gasteiger partial charge on any atom is -0.481 e. The van der Waals surface area contributed by atoms with E-state index >= 15 is 0 Å². The number of carbonyl (C=O) groups is 6. The fraction of sp³-hybridized carbons (Fsp3) is 0.850. The summed E-state index contributed by atoms with van der Waals surface area (Å²) in [6, 6.07) is -0.584. The molecule has 7 N–H and O–H groups in total. The second-order valence-electron chi connectivity index (χ2n) is 14.5. The second kappa shape index (κ2) is 42.0. The Morgan fingerprint density at radius 3 is 1.28 bits per heavy atom. The van der Waals surface area contributed by atoms with Crippen molar-refractivity contribution >= 4 is 43.1 Å². The Balaban J connectivity index is 3.40. The average Bonchev–Trinajstić information content (AvgIpc) is 3.19. The van der Waals surface area contributed by atoms with Gasteiger partial charge in [0, 0.05) is 45.4 Å². The molecule has 1 atom stereocenters. The van der Waals surface area contributed by atoms with E-state index in [1.54, 1.807) is 0 Å². The van der Waals surface area contributed by atoms with E-state index < -0.39 is 12.0 Å². The molecule has 0 saturated carbocycles. The summed E-state index contributed by atoms with van der Waals surface area (Å²) in [5, 5.41) is 28.6. The van der Waals surface area contributed by atoms with Gasteiger partial charge < -0.3 is 55.3 Å². The Bertz CT molecular complexity index is 1080. The highest BCUT2D eigenvalue weighted by atomic mass is 16.5. The topological polar surface area (TPSA) is 240 Å². The van der Waals surface area contributed by atoms with Crippen molar-refractivity contribution in [1.29, 1.82) is 0 Å². The van der Waals surface area contributed by atoms with E-state index in [0.29, 0.717) is 77.7 Å². The molecular formula is C40H76BN5O12. The van der Waals surface area contributed by atoms with Crippen molar-refractivity contribution in [1.82, 2.24) is 26.7 Å². The predicted molar refractivity (Wildman–Crippen MR) is 222 cm³/mol. The number of carboxylic acids is 1. The summed E-state index contributed by atoms with van der Waals surface area (Å²) >= 11 is 0. The van der Waals surface area contributed by atoms with Crippen molar-refractivity contribution in [3.8, 4) is 0 Å². The van der Waals surface area contributed by atoms with E-state index in [4.69, 9.17) is 29.3 Å². The second-order valence-corrected chi connectivity index (χ2v) is 14.5. The number of aliphatic carboxylic acids is 1. The molecule has 0 aromatic carbocycles. The summed E-state index contributed by atoms with van der Waals surface area (Å²) in [4.78, 5) is 69.5. The van der Waals surface area contributed by atoms with E-state index in [-0.39, 0.29) is 75.6 Å². The number of hydroxylamine groups is 1. The van der Waals surface area contributed by atoms with Crippen LogP contribution in [0.25, 0.3) is 0 Å². The van der Waals surface area contributed by atoms with Crippen LogP contribution in [-0.2, 0) is 47.7 Å². The quantitative estimate of drug-likeness (QED) is 0.0266. The predicted octanol–water partition coefficient (Wildman–Crippen LogP) is 2.30. The van der Waals surface area contributed by atoms with Gasteiger partial charge in [-0.3, -0.25) is 24.0 Å². The first-order valence-corrected chi connectivity index (χ1v) is 21.6. The van der Waals surface area contributed by atoms with Crippen molar-refractivity contribution in [2.75, 3.05) is 79.0 Å². The molecule has 0 aliphatic heterocycles. The highest BCUT2D eigenvalue weighted by Gasteiger charge is 2.11. The minimum absolute atomic E-state index is 0.0348. The molecule has 0 saturated heterocycles. The Kier molecular flexibility index (Phi) is 39.7. The van der Waals surface area contributed by atoms with Crippen LogP contribution in [0.1, 0.15) is 135 Å². The number of rotatable bonds is 44. The molecule has 0 spiro atoms. The minimum atomic E-state index is -0.697. The number of nitrogens with one attached hydrogen (secondary N) is 5. The number of amides is 4. The van der Waals surface area contributed by atoms with E-state index in [2.05, 4.69) is 21.3 Å². The van der Waals surface area contributed by atoms with Gasteiger partial charge in [-0.2, -0.15) is 5.48 Å². The zero-order valence-electron chi connectivity index (χ0n) is 35.4. The molecule has 17 nitrogen and oxygen atoms in total. The maximum atomic E-state index is 12.1. The largest absolute Gasteiger partial charge is 0.481 e. The van der Waals surface area contributed by atoms with Gasteiger partial charge in [0.05, 0.1) is 45.7 Å². The molecule has 0 aliphatic rings. The van der Waals surface area contributed by atoms with Gasteiger partial charge in [-0.25, -0.2) is 0 Å².